The molecule has 1 heterocycles. The Labute approximate surface area is 140 Å². The van der Waals surface area contributed by atoms with Crippen LogP contribution in [0.2, 0.25) is 0 Å². The van der Waals surface area contributed by atoms with Crippen LogP contribution in [-0.4, -0.2) is 34.9 Å². The number of benzene rings is 1. The highest BCUT2D eigenvalue weighted by Gasteiger charge is 2.22. The van der Waals surface area contributed by atoms with Crippen molar-refractivity contribution in [3.05, 3.63) is 22.4 Å². The number of nitrogens with two attached hydrogens (primary N) is 1. The van der Waals surface area contributed by atoms with Gasteiger partial charge in [-0.2, -0.15) is 5.10 Å². The molecule has 0 fully saturated rings. The monoisotopic (exact) mass is 386 g/mol. The van der Waals surface area contributed by atoms with Gasteiger partial charge in [0, 0.05) is 19.0 Å². The Morgan fingerprint density at radius 3 is 2.78 bits per heavy atom. The van der Waals surface area contributed by atoms with Gasteiger partial charge in [-0.1, -0.05) is 0 Å². The molecule has 2 aromatic rings. The largest absolute Gasteiger partial charge is 0.466 e. The number of nitrogens with zero attached hydrogens (tertiary/aromatic N) is 3. The lowest BCUT2D eigenvalue weighted by molar-refractivity contribution is -0.142. The summed E-state index contributed by atoms with van der Waals surface area (Å²) in [6, 6.07) is 2.05. The molecule has 0 saturated heterocycles. The summed E-state index contributed by atoms with van der Waals surface area (Å²) < 4.78 is 20.4. The number of ether oxygens (including phenoxy) is 1. The van der Waals surface area contributed by atoms with Crippen molar-refractivity contribution in [2.24, 2.45) is 12.8 Å². The summed E-state index contributed by atoms with van der Waals surface area (Å²) in [5, 5.41) is 4.65. The molecule has 7 nitrogen and oxygen atoms in total. The first-order valence-electron chi connectivity index (χ1n) is 6.89. The Hall–Kier alpha value is -2.16. The van der Waals surface area contributed by atoms with Crippen LogP contribution in [0.25, 0.3) is 10.9 Å². The molecule has 0 aliphatic heterocycles. The maximum Gasteiger partial charge on any atom is 0.320 e. The third kappa shape index (κ3) is 3.61. The number of esters is 1. The number of carbonyl (C=O) groups is 2. The molecule has 0 bridgehead atoms. The van der Waals surface area contributed by atoms with E-state index < -0.39 is 17.8 Å². The van der Waals surface area contributed by atoms with Gasteiger partial charge in [-0.05, 0) is 35.0 Å². The molecule has 0 aliphatic rings. The number of aromatic nitrogens is 2. The smallest absolute Gasteiger partial charge is 0.320 e. The predicted octanol–water partition coefficient (Wildman–Crippen LogP) is 2.31. The van der Waals surface area contributed by atoms with E-state index >= 15 is 0 Å². The molecule has 23 heavy (non-hydrogen) atoms. The molecular formula is C14H16BrFN4O3. The topological polar surface area (TPSA) is 90.4 Å². The normalized spacial score (nSPS) is 10.8. The summed E-state index contributed by atoms with van der Waals surface area (Å²) in [5.74, 6) is -0.736. The lowest BCUT2D eigenvalue weighted by Gasteiger charge is -2.17. The van der Waals surface area contributed by atoms with Crippen LogP contribution in [-0.2, 0) is 16.6 Å². The fraction of sp³-hybridized carbons (Fsp3) is 0.357. The van der Waals surface area contributed by atoms with Crippen molar-refractivity contribution in [1.29, 1.82) is 0 Å². The zero-order chi connectivity index (χ0) is 17.1. The lowest BCUT2D eigenvalue weighted by Crippen LogP contribution is -2.38. The number of aryl methyl sites for hydroxylation is 1. The third-order valence-electron chi connectivity index (χ3n) is 3.24. The van der Waals surface area contributed by atoms with Gasteiger partial charge in [0.1, 0.15) is 5.82 Å². The van der Waals surface area contributed by atoms with Gasteiger partial charge in [-0.25, -0.2) is 9.18 Å². The standard InChI is InChI=1S/C14H16BrFN4O3/c1-3-23-12(21)4-5-20(14(17)22)13-8-6-10(16)9(15)7-11(8)19(2)18-13/h6-7H,3-5H2,1-2H3,(H2,17,22). The summed E-state index contributed by atoms with van der Waals surface area (Å²) >= 11 is 3.11. The van der Waals surface area contributed by atoms with E-state index in [9.17, 15) is 14.0 Å². The molecule has 124 valence electrons. The summed E-state index contributed by atoms with van der Waals surface area (Å²) in [6.07, 6.45) is -0.0339. The Balaban J connectivity index is 2.40. The minimum atomic E-state index is -0.780. The highest BCUT2D eigenvalue weighted by molar-refractivity contribution is 9.10. The minimum absolute atomic E-state index is 0.00202. The van der Waals surface area contributed by atoms with Crippen molar-refractivity contribution in [1.82, 2.24) is 9.78 Å². The van der Waals surface area contributed by atoms with Crippen LogP contribution >= 0.6 is 15.9 Å². The van der Waals surface area contributed by atoms with Gasteiger partial charge < -0.3 is 10.5 Å². The van der Waals surface area contributed by atoms with Crippen LogP contribution < -0.4 is 10.6 Å². The van der Waals surface area contributed by atoms with Crippen LogP contribution in [0, 0.1) is 5.82 Å². The number of halogens is 2. The van der Waals surface area contributed by atoms with Crippen LogP contribution in [0.4, 0.5) is 15.0 Å². The number of urea groups is 1. The van der Waals surface area contributed by atoms with Gasteiger partial charge in [0.2, 0.25) is 0 Å². The number of hydrogen-bond donors (Lipinski definition) is 1. The van der Waals surface area contributed by atoms with E-state index in [2.05, 4.69) is 21.0 Å². The first kappa shape index (κ1) is 17.2. The SMILES string of the molecule is CCOC(=O)CCN(C(N)=O)c1nn(C)c2cc(Br)c(F)cc12. The first-order chi connectivity index (χ1) is 10.8. The number of fused-ring (bicyclic) bond motifs is 1. The van der Waals surface area contributed by atoms with E-state index in [1.807, 2.05) is 0 Å². The lowest BCUT2D eigenvalue weighted by atomic mass is 10.2. The van der Waals surface area contributed by atoms with Crippen molar-refractivity contribution < 1.29 is 18.7 Å². The molecule has 0 aliphatic carbocycles. The average molecular weight is 387 g/mol. The van der Waals surface area contributed by atoms with E-state index in [0.29, 0.717) is 10.9 Å². The summed E-state index contributed by atoms with van der Waals surface area (Å²) in [5.41, 5.74) is 6.00. The Morgan fingerprint density at radius 1 is 1.48 bits per heavy atom. The molecule has 9 heteroatoms. The number of rotatable bonds is 5. The molecule has 2 N–H and O–H groups in total. The molecule has 1 aromatic heterocycles. The maximum absolute atomic E-state index is 13.8. The quantitative estimate of drug-likeness (QED) is 0.798. The first-order valence-corrected chi connectivity index (χ1v) is 7.68. The van der Waals surface area contributed by atoms with E-state index in [-0.39, 0.29) is 29.9 Å². The second-order valence-electron chi connectivity index (χ2n) is 4.78. The molecule has 0 radical (unpaired) electrons. The summed E-state index contributed by atoms with van der Waals surface area (Å²) in [7, 11) is 1.67. The second-order valence-corrected chi connectivity index (χ2v) is 5.63. The molecule has 2 amide bonds. The Kier molecular flexibility index (Phi) is 5.19. The van der Waals surface area contributed by atoms with Crippen LogP contribution in [0.3, 0.4) is 0 Å². The van der Waals surface area contributed by atoms with E-state index in [1.54, 1.807) is 20.0 Å². The molecule has 0 saturated carbocycles. The predicted molar refractivity (Wildman–Crippen MR) is 86.6 cm³/mol. The number of hydrogen-bond acceptors (Lipinski definition) is 4. The molecule has 0 atom stereocenters. The fourth-order valence-corrected chi connectivity index (χ4v) is 2.52. The molecule has 2 rings (SSSR count). The number of amides is 2. The van der Waals surface area contributed by atoms with Crippen molar-refractivity contribution in [2.75, 3.05) is 18.1 Å². The Morgan fingerprint density at radius 2 is 2.17 bits per heavy atom. The maximum atomic E-state index is 13.8. The third-order valence-corrected chi connectivity index (χ3v) is 3.85. The Bertz CT molecular complexity index is 762. The van der Waals surface area contributed by atoms with Gasteiger partial charge >= 0.3 is 12.0 Å². The highest BCUT2D eigenvalue weighted by Crippen LogP contribution is 2.30. The fourth-order valence-electron chi connectivity index (χ4n) is 2.19. The van der Waals surface area contributed by atoms with Gasteiger partial charge in [0.25, 0.3) is 0 Å². The molecule has 0 unspecified atom stereocenters. The van der Waals surface area contributed by atoms with Crippen molar-refractivity contribution in [3.8, 4) is 0 Å². The van der Waals surface area contributed by atoms with Crippen LogP contribution in [0.5, 0.6) is 0 Å². The van der Waals surface area contributed by atoms with E-state index in [0.717, 1.165) is 4.90 Å². The molecule has 0 spiro atoms. The number of anilines is 1. The van der Waals surface area contributed by atoms with Gasteiger partial charge in [0.15, 0.2) is 5.82 Å². The van der Waals surface area contributed by atoms with Crippen molar-refractivity contribution >= 4 is 44.7 Å². The highest BCUT2D eigenvalue weighted by atomic mass is 79.9. The average Bonchev–Trinajstić information content (AvgIpc) is 2.77. The van der Waals surface area contributed by atoms with Gasteiger partial charge in [0.05, 0.1) is 23.0 Å². The molecular weight excluding hydrogens is 371 g/mol. The van der Waals surface area contributed by atoms with Crippen LogP contribution in [0.1, 0.15) is 13.3 Å². The van der Waals surface area contributed by atoms with Crippen molar-refractivity contribution in [3.63, 3.8) is 0 Å². The van der Waals surface area contributed by atoms with E-state index in [4.69, 9.17) is 10.5 Å². The number of primary amides is 1. The van der Waals surface area contributed by atoms with Crippen LogP contribution in [0.15, 0.2) is 16.6 Å². The number of carbonyl (C=O) groups excluding carboxylic acids is 2. The zero-order valence-corrected chi connectivity index (χ0v) is 14.3. The molecule has 1 aromatic carbocycles. The van der Waals surface area contributed by atoms with E-state index in [1.165, 1.54) is 10.7 Å². The van der Waals surface area contributed by atoms with Gasteiger partial charge in [-0.15, -0.1) is 0 Å². The second kappa shape index (κ2) is 6.95. The summed E-state index contributed by atoms with van der Waals surface area (Å²) in [6.45, 7) is 1.94. The summed E-state index contributed by atoms with van der Waals surface area (Å²) in [4.78, 5) is 24.3. The van der Waals surface area contributed by atoms with Gasteiger partial charge in [-0.3, -0.25) is 14.4 Å². The minimum Gasteiger partial charge on any atom is -0.466 e. The van der Waals surface area contributed by atoms with Crippen molar-refractivity contribution in [2.45, 2.75) is 13.3 Å². The zero-order valence-electron chi connectivity index (χ0n) is 12.7.